The molecule has 0 aromatic rings. The summed E-state index contributed by atoms with van der Waals surface area (Å²) in [5, 5.41) is 0. The molecule has 0 saturated heterocycles. The molecule has 0 aromatic heterocycles. The van der Waals surface area contributed by atoms with Crippen LogP contribution in [0.15, 0.2) is 0 Å². The van der Waals surface area contributed by atoms with Crippen LogP contribution in [-0.4, -0.2) is 0 Å². The first kappa shape index (κ1) is 6.51. The number of rotatable bonds is 0. The highest BCUT2D eigenvalue weighted by atomic mass is 14.6. The topological polar surface area (TPSA) is 0 Å². The molecule has 0 aromatic carbocycles. The first-order valence-electron chi connectivity index (χ1n) is 5.41. The Hall–Kier alpha value is 0. The summed E-state index contributed by atoms with van der Waals surface area (Å²) in [7, 11) is 0. The second kappa shape index (κ2) is 2.02. The van der Waals surface area contributed by atoms with Gasteiger partial charge in [-0.2, -0.15) is 0 Å². The monoisotopic (exact) mass is 150 g/mol. The Bertz CT molecular complexity index is 167. The fraction of sp³-hybridized carbons (Fsp3) is 1.00. The third-order valence-electron chi connectivity index (χ3n) is 4.71. The maximum atomic E-state index is 1.62. The SMILES string of the molecule is C1CC[C@H]2[C@@H](C1)CC21CCC1. The molecule has 0 aliphatic heterocycles. The van der Waals surface area contributed by atoms with E-state index < -0.39 is 0 Å². The first-order valence-corrected chi connectivity index (χ1v) is 5.41. The van der Waals surface area contributed by atoms with Gasteiger partial charge < -0.3 is 0 Å². The van der Waals surface area contributed by atoms with Crippen molar-refractivity contribution in [3.05, 3.63) is 0 Å². The second-order valence-electron chi connectivity index (χ2n) is 5.07. The summed E-state index contributed by atoms with van der Waals surface area (Å²) in [6.07, 6.45) is 12.6. The Kier molecular flexibility index (Phi) is 1.20. The average molecular weight is 150 g/mol. The Morgan fingerprint density at radius 1 is 0.909 bits per heavy atom. The van der Waals surface area contributed by atoms with E-state index in [1.165, 1.54) is 18.3 Å². The zero-order chi connectivity index (χ0) is 7.31. The summed E-state index contributed by atoms with van der Waals surface area (Å²) in [5.74, 6) is 2.38. The standard InChI is InChI=1S/C11H18/c1-2-5-10-9(4-1)8-11(10)6-3-7-11/h9-10H,1-8H2/t9-,10-/m0/s1. The molecule has 3 aliphatic rings. The van der Waals surface area contributed by atoms with Crippen LogP contribution < -0.4 is 0 Å². The van der Waals surface area contributed by atoms with E-state index in [1.54, 1.807) is 44.9 Å². The van der Waals surface area contributed by atoms with Crippen LogP contribution in [0.4, 0.5) is 0 Å². The van der Waals surface area contributed by atoms with Gasteiger partial charge in [0, 0.05) is 0 Å². The smallest absolute Gasteiger partial charge is 0.0264 e. The van der Waals surface area contributed by atoms with Gasteiger partial charge >= 0.3 is 0 Å². The normalized spacial score (nSPS) is 45.8. The highest BCUT2D eigenvalue weighted by Gasteiger charge is 2.56. The van der Waals surface area contributed by atoms with E-state index in [9.17, 15) is 0 Å². The largest absolute Gasteiger partial charge is 0.0530 e. The minimum Gasteiger partial charge on any atom is -0.0530 e. The molecule has 0 nitrogen and oxygen atoms in total. The Morgan fingerprint density at radius 2 is 1.73 bits per heavy atom. The number of fused-ring (bicyclic) bond motifs is 2. The Labute approximate surface area is 69.4 Å². The van der Waals surface area contributed by atoms with Crippen molar-refractivity contribution in [1.29, 1.82) is 0 Å². The maximum absolute atomic E-state index is 1.62. The molecule has 0 heterocycles. The average Bonchev–Trinajstić information content (AvgIpc) is 1.88. The van der Waals surface area contributed by atoms with E-state index in [4.69, 9.17) is 0 Å². The molecule has 3 rings (SSSR count). The zero-order valence-corrected chi connectivity index (χ0v) is 7.31. The lowest BCUT2D eigenvalue weighted by Gasteiger charge is -2.63. The Balaban J connectivity index is 1.74. The molecule has 3 fully saturated rings. The van der Waals surface area contributed by atoms with Gasteiger partial charge in [0.1, 0.15) is 0 Å². The van der Waals surface area contributed by atoms with E-state index >= 15 is 0 Å². The highest BCUT2D eigenvalue weighted by molar-refractivity contribution is 5.06. The van der Waals surface area contributed by atoms with Crippen LogP contribution in [0, 0.1) is 17.3 Å². The van der Waals surface area contributed by atoms with Crippen LogP contribution in [0.2, 0.25) is 0 Å². The molecule has 0 bridgehead atoms. The molecule has 0 unspecified atom stereocenters. The molecule has 11 heavy (non-hydrogen) atoms. The van der Waals surface area contributed by atoms with Crippen LogP contribution in [0.1, 0.15) is 51.4 Å². The van der Waals surface area contributed by atoms with E-state index in [0.717, 1.165) is 5.41 Å². The number of hydrogen-bond acceptors (Lipinski definition) is 0. The Morgan fingerprint density at radius 3 is 2.36 bits per heavy atom. The summed E-state index contributed by atoms with van der Waals surface area (Å²) >= 11 is 0. The van der Waals surface area contributed by atoms with Crippen molar-refractivity contribution in [2.75, 3.05) is 0 Å². The molecular formula is C11H18. The lowest BCUT2D eigenvalue weighted by atomic mass is 9.42. The van der Waals surface area contributed by atoms with E-state index in [1.807, 2.05) is 0 Å². The van der Waals surface area contributed by atoms with Crippen LogP contribution >= 0.6 is 0 Å². The summed E-state index contributed by atoms with van der Waals surface area (Å²) in [6, 6.07) is 0. The minimum absolute atomic E-state index is 0.936. The summed E-state index contributed by atoms with van der Waals surface area (Å²) < 4.78 is 0. The summed E-state index contributed by atoms with van der Waals surface area (Å²) in [5.41, 5.74) is 0.936. The minimum atomic E-state index is 0.936. The molecule has 0 radical (unpaired) electrons. The molecule has 62 valence electrons. The fourth-order valence-corrected chi connectivity index (χ4v) is 3.98. The van der Waals surface area contributed by atoms with Gasteiger partial charge in [0.15, 0.2) is 0 Å². The third kappa shape index (κ3) is 0.711. The summed E-state index contributed by atoms with van der Waals surface area (Å²) in [4.78, 5) is 0. The van der Waals surface area contributed by atoms with Crippen molar-refractivity contribution < 1.29 is 0 Å². The highest BCUT2D eigenvalue weighted by Crippen LogP contribution is 2.66. The second-order valence-corrected chi connectivity index (χ2v) is 5.07. The van der Waals surface area contributed by atoms with E-state index in [-0.39, 0.29) is 0 Å². The van der Waals surface area contributed by atoms with Crippen molar-refractivity contribution in [2.45, 2.75) is 51.4 Å². The molecule has 0 amide bonds. The van der Waals surface area contributed by atoms with Gasteiger partial charge in [-0.3, -0.25) is 0 Å². The van der Waals surface area contributed by atoms with E-state index in [2.05, 4.69) is 0 Å². The molecule has 3 aliphatic carbocycles. The molecule has 2 atom stereocenters. The van der Waals surface area contributed by atoms with Gasteiger partial charge in [0.05, 0.1) is 0 Å². The van der Waals surface area contributed by atoms with Crippen molar-refractivity contribution in [1.82, 2.24) is 0 Å². The van der Waals surface area contributed by atoms with Crippen LogP contribution in [0.3, 0.4) is 0 Å². The van der Waals surface area contributed by atoms with Gasteiger partial charge in [-0.05, 0) is 42.9 Å². The third-order valence-corrected chi connectivity index (χ3v) is 4.71. The lowest BCUT2D eigenvalue weighted by molar-refractivity contribution is -0.125. The first-order chi connectivity index (χ1) is 5.41. The maximum Gasteiger partial charge on any atom is -0.0264 e. The van der Waals surface area contributed by atoms with Gasteiger partial charge in [-0.25, -0.2) is 0 Å². The van der Waals surface area contributed by atoms with Crippen molar-refractivity contribution >= 4 is 0 Å². The van der Waals surface area contributed by atoms with Crippen LogP contribution in [0.25, 0.3) is 0 Å². The van der Waals surface area contributed by atoms with Gasteiger partial charge in [-0.15, -0.1) is 0 Å². The van der Waals surface area contributed by atoms with Crippen molar-refractivity contribution in [2.24, 2.45) is 17.3 Å². The van der Waals surface area contributed by atoms with Gasteiger partial charge in [0.2, 0.25) is 0 Å². The summed E-state index contributed by atoms with van der Waals surface area (Å²) in [6.45, 7) is 0. The zero-order valence-electron chi connectivity index (χ0n) is 7.31. The number of hydrogen-bond donors (Lipinski definition) is 0. The van der Waals surface area contributed by atoms with Crippen LogP contribution in [0.5, 0.6) is 0 Å². The predicted octanol–water partition coefficient (Wildman–Crippen LogP) is 3.37. The van der Waals surface area contributed by atoms with Crippen molar-refractivity contribution in [3.63, 3.8) is 0 Å². The molecule has 0 heteroatoms. The fourth-order valence-electron chi connectivity index (χ4n) is 3.98. The van der Waals surface area contributed by atoms with Gasteiger partial charge in [-0.1, -0.05) is 25.7 Å². The molecule has 1 spiro atoms. The lowest BCUT2D eigenvalue weighted by Crippen LogP contribution is -2.53. The van der Waals surface area contributed by atoms with Gasteiger partial charge in [0.25, 0.3) is 0 Å². The molecular weight excluding hydrogens is 132 g/mol. The molecule has 0 N–H and O–H groups in total. The quantitative estimate of drug-likeness (QED) is 0.496. The molecule has 3 saturated carbocycles. The van der Waals surface area contributed by atoms with Crippen LogP contribution in [-0.2, 0) is 0 Å². The van der Waals surface area contributed by atoms with E-state index in [0.29, 0.717) is 0 Å². The van der Waals surface area contributed by atoms with Crippen molar-refractivity contribution in [3.8, 4) is 0 Å². The predicted molar refractivity (Wildman–Crippen MR) is 46.3 cm³/mol.